The molecule has 0 unspecified atom stereocenters. The number of hydrogen-bond donors (Lipinski definition) is 1. The van der Waals surface area contributed by atoms with Crippen molar-refractivity contribution < 1.29 is 9.18 Å². The third-order valence-electron chi connectivity index (χ3n) is 3.62. The molecule has 0 saturated heterocycles. The Morgan fingerprint density at radius 3 is 2.50 bits per heavy atom. The number of nitrogens with one attached hydrogen (secondary N) is 1. The molecule has 1 aromatic heterocycles. The molecule has 5 heteroatoms. The van der Waals surface area contributed by atoms with E-state index in [2.05, 4.69) is 10.4 Å². The van der Waals surface area contributed by atoms with Gasteiger partial charge in [-0.25, -0.2) is 9.07 Å². The molecule has 0 saturated carbocycles. The molecule has 24 heavy (non-hydrogen) atoms. The van der Waals surface area contributed by atoms with Crippen LogP contribution in [-0.2, 0) is 17.8 Å². The van der Waals surface area contributed by atoms with Crippen LogP contribution in [0.25, 0.3) is 0 Å². The molecule has 0 bridgehead atoms. The minimum absolute atomic E-state index is 0.157. The average Bonchev–Trinajstić information content (AvgIpc) is 2.89. The van der Waals surface area contributed by atoms with Crippen LogP contribution in [0.2, 0.25) is 0 Å². The van der Waals surface area contributed by atoms with Gasteiger partial charge in [-0.15, -0.1) is 0 Å². The maximum atomic E-state index is 12.9. The molecule has 1 N–H and O–H groups in total. The molecule has 0 atom stereocenters. The highest BCUT2D eigenvalue weighted by Crippen LogP contribution is 2.14. The van der Waals surface area contributed by atoms with Gasteiger partial charge in [0.2, 0.25) is 5.91 Å². The predicted molar refractivity (Wildman–Crippen MR) is 91.2 cm³/mol. The van der Waals surface area contributed by atoms with E-state index in [1.54, 1.807) is 16.8 Å². The normalized spacial score (nSPS) is 10.6. The first kappa shape index (κ1) is 15.9. The minimum atomic E-state index is -0.310. The summed E-state index contributed by atoms with van der Waals surface area (Å²) < 4.78 is 14.7. The van der Waals surface area contributed by atoms with Gasteiger partial charge in [0.05, 0.1) is 18.7 Å². The third kappa shape index (κ3) is 4.07. The molecule has 0 radical (unpaired) electrons. The van der Waals surface area contributed by atoms with E-state index in [1.165, 1.54) is 12.1 Å². The van der Waals surface area contributed by atoms with Crippen molar-refractivity contribution in [2.24, 2.45) is 0 Å². The van der Waals surface area contributed by atoms with E-state index in [1.807, 2.05) is 43.3 Å². The zero-order valence-corrected chi connectivity index (χ0v) is 13.4. The first-order valence-electron chi connectivity index (χ1n) is 7.73. The number of carbonyl (C=O) groups excluding carboxylic acids is 1. The van der Waals surface area contributed by atoms with E-state index in [-0.39, 0.29) is 18.1 Å². The summed E-state index contributed by atoms with van der Waals surface area (Å²) in [4.78, 5) is 12.2. The quantitative estimate of drug-likeness (QED) is 0.780. The highest BCUT2D eigenvalue weighted by molar-refractivity contribution is 5.91. The van der Waals surface area contributed by atoms with Gasteiger partial charge in [-0.1, -0.05) is 42.5 Å². The van der Waals surface area contributed by atoms with E-state index in [9.17, 15) is 9.18 Å². The molecule has 4 nitrogen and oxygen atoms in total. The van der Waals surface area contributed by atoms with Crippen molar-refractivity contribution in [1.82, 2.24) is 9.78 Å². The van der Waals surface area contributed by atoms with Crippen molar-refractivity contribution in [3.63, 3.8) is 0 Å². The number of nitrogens with zero attached hydrogens (tertiary/aromatic N) is 2. The average molecular weight is 323 g/mol. The zero-order valence-electron chi connectivity index (χ0n) is 13.4. The standard InChI is InChI=1S/C19H18FN3O/c1-14-11-18(23(22-14)13-16-5-3-2-4-6-16)21-19(24)12-15-7-9-17(20)10-8-15/h2-11H,12-13H2,1H3,(H,21,24). The molecule has 1 amide bonds. The van der Waals surface area contributed by atoms with Gasteiger partial charge in [0, 0.05) is 6.07 Å². The Balaban J connectivity index is 1.70. The Morgan fingerprint density at radius 1 is 1.08 bits per heavy atom. The zero-order chi connectivity index (χ0) is 16.9. The lowest BCUT2D eigenvalue weighted by Crippen LogP contribution is -2.18. The van der Waals surface area contributed by atoms with Crippen LogP contribution in [0.3, 0.4) is 0 Å². The second-order valence-corrected chi connectivity index (χ2v) is 5.67. The van der Waals surface area contributed by atoms with Crippen molar-refractivity contribution in [2.75, 3.05) is 5.32 Å². The van der Waals surface area contributed by atoms with E-state index < -0.39 is 0 Å². The van der Waals surface area contributed by atoms with Crippen LogP contribution >= 0.6 is 0 Å². The van der Waals surface area contributed by atoms with Crippen LogP contribution in [0.1, 0.15) is 16.8 Å². The van der Waals surface area contributed by atoms with Gasteiger partial charge >= 0.3 is 0 Å². The van der Waals surface area contributed by atoms with Gasteiger partial charge in [-0.05, 0) is 30.2 Å². The molecular weight excluding hydrogens is 305 g/mol. The van der Waals surface area contributed by atoms with Crippen LogP contribution < -0.4 is 5.32 Å². The second kappa shape index (κ2) is 7.08. The highest BCUT2D eigenvalue weighted by atomic mass is 19.1. The Bertz CT molecular complexity index is 826. The first-order chi connectivity index (χ1) is 11.6. The SMILES string of the molecule is Cc1cc(NC(=O)Cc2ccc(F)cc2)n(Cc2ccccc2)n1. The molecule has 0 aliphatic rings. The monoisotopic (exact) mass is 323 g/mol. The molecule has 0 spiro atoms. The number of halogens is 1. The molecule has 0 aliphatic carbocycles. The van der Waals surface area contributed by atoms with E-state index in [4.69, 9.17) is 0 Å². The number of carbonyl (C=O) groups is 1. The Hall–Kier alpha value is -2.95. The van der Waals surface area contributed by atoms with Crippen molar-refractivity contribution in [3.05, 3.63) is 83.3 Å². The minimum Gasteiger partial charge on any atom is -0.311 e. The van der Waals surface area contributed by atoms with Crippen molar-refractivity contribution >= 4 is 11.7 Å². The molecule has 3 aromatic rings. The van der Waals surface area contributed by atoms with Crippen molar-refractivity contribution in [2.45, 2.75) is 19.9 Å². The van der Waals surface area contributed by atoms with Gasteiger partial charge in [-0.2, -0.15) is 5.10 Å². The summed E-state index contributed by atoms with van der Waals surface area (Å²) in [5.41, 5.74) is 2.71. The van der Waals surface area contributed by atoms with Gasteiger partial charge in [0.25, 0.3) is 0 Å². The third-order valence-corrected chi connectivity index (χ3v) is 3.62. The Labute approximate surface area is 139 Å². The lowest BCUT2D eigenvalue weighted by Gasteiger charge is -2.09. The summed E-state index contributed by atoms with van der Waals surface area (Å²) in [5.74, 6) is 0.190. The molecule has 2 aromatic carbocycles. The molecule has 1 heterocycles. The predicted octanol–water partition coefficient (Wildman–Crippen LogP) is 3.56. The van der Waals surface area contributed by atoms with Crippen molar-refractivity contribution in [3.8, 4) is 0 Å². The van der Waals surface area contributed by atoms with E-state index in [0.29, 0.717) is 12.4 Å². The summed E-state index contributed by atoms with van der Waals surface area (Å²) in [7, 11) is 0. The lowest BCUT2D eigenvalue weighted by atomic mass is 10.1. The largest absolute Gasteiger partial charge is 0.311 e. The van der Waals surface area contributed by atoms with Gasteiger partial charge < -0.3 is 5.32 Å². The second-order valence-electron chi connectivity index (χ2n) is 5.67. The maximum Gasteiger partial charge on any atom is 0.229 e. The molecule has 122 valence electrons. The van der Waals surface area contributed by atoms with Crippen LogP contribution in [0.15, 0.2) is 60.7 Å². The summed E-state index contributed by atoms with van der Waals surface area (Å²) in [6, 6.07) is 17.7. The number of rotatable bonds is 5. The lowest BCUT2D eigenvalue weighted by molar-refractivity contribution is -0.115. The number of amides is 1. The molecule has 3 rings (SSSR count). The summed E-state index contributed by atoms with van der Waals surface area (Å²) >= 11 is 0. The van der Waals surface area contributed by atoms with Crippen LogP contribution in [0.4, 0.5) is 10.2 Å². The van der Waals surface area contributed by atoms with Crippen molar-refractivity contribution in [1.29, 1.82) is 0 Å². The van der Waals surface area contributed by atoms with Crippen LogP contribution in [-0.4, -0.2) is 15.7 Å². The number of hydrogen-bond acceptors (Lipinski definition) is 2. The van der Waals surface area contributed by atoms with Gasteiger partial charge in [-0.3, -0.25) is 4.79 Å². The Morgan fingerprint density at radius 2 is 1.79 bits per heavy atom. The van der Waals surface area contributed by atoms with Crippen LogP contribution in [0, 0.1) is 12.7 Å². The number of aromatic nitrogens is 2. The topological polar surface area (TPSA) is 46.9 Å². The fraction of sp³-hybridized carbons (Fsp3) is 0.158. The Kier molecular flexibility index (Phi) is 4.70. The number of anilines is 1. The molecule has 0 fully saturated rings. The van der Waals surface area contributed by atoms with E-state index >= 15 is 0 Å². The fourth-order valence-corrected chi connectivity index (χ4v) is 2.50. The first-order valence-corrected chi connectivity index (χ1v) is 7.73. The summed E-state index contributed by atoms with van der Waals surface area (Å²) in [6.45, 7) is 2.47. The van der Waals surface area contributed by atoms with E-state index in [0.717, 1.165) is 16.8 Å². The molecular formula is C19H18FN3O. The molecule has 0 aliphatic heterocycles. The van der Waals surface area contributed by atoms with Crippen LogP contribution in [0.5, 0.6) is 0 Å². The summed E-state index contributed by atoms with van der Waals surface area (Å²) in [5, 5.41) is 7.31. The fourth-order valence-electron chi connectivity index (χ4n) is 2.50. The maximum absolute atomic E-state index is 12.9. The van der Waals surface area contributed by atoms with Gasteiger partial charge in [0.15, 0.2) is 0 Å². The summed E-state index contributed by atoms with van der Waals surface area (Å²) in [6.07, 6.45) is 0.190. The highest BCUT2D eigenvalue weighted by Gasteiger charge is 2.10. The number of benzene rings is 2. The van der Waals surface area contributed by atoms with Gasteiger partial charge in [0.1, 0.15) is 11.6 Å². The smallest absolute Gasteiger partial charge is 0.229 e. The number of aryl methyl sites for hydroxylation is 1.